The molecule has 5 heteroatoms. The molecule has 0 saturated heterocycles. The fourth-order valence-electron chi connectivity index (χ4n) is 1.35. The smallest absolute Gasteiger partial charge is 0.172 e. The van der Waals surface area contributed by atoms with Crippen LogP contribution in [0.1, 0.15) is 18.1 Å². The highest BCUT2D eigenvalue weighted by molar-refractivity contribution is 5.53. The van der Waals surface area contributed by atoms with Crippen molar-refractivity contribution in [3.05, 3.63) is 29.7 Å². The zero-order chi connectivity index (χ0) is 10.7. The van der Waals surface area contributed by atoms with Gasteiger partial charge in [0.05, 0.1) is 6.20 Å². The number of rotatable bonds is 3. The van der Waals surface area contributed by atoms with Crippen LogP contribution in [-0.4, -0.2) is 21.1 Å². The second kappa shape index (κ2) is 4.07. The Morgan fingerprint density at radius 1 is 1.53 bits per heavy atom. The Labute approximate surface area is 87.4 Å². The minimum absolute atomic E-state index is 0.505. The van der Waals surface area contributed by atoms with E-state index in [2.05, 4.69) is 21.5 Å². The molecule has 2 aromatic heterocycles. The summed E-state index contributed by atoms with van der Waals surface area (Å²) in [7, 11) is 0. The number of nitrogens with one attached hydrogen (secondary N) is 1. The molecule has 0 fully saturated rings. The lowest BCUT2D eigenvalue weighted by Gasteiger charge is -2.01. The van der Waals surface area contributed by atoms with Gasteiger partial charge >= 0.3 is 0 Å². The van der Waals surface area contributed by atoms with Crippen molar-refractivity contribution in [1.82, 2.24) is 19.9 Å². The van der Waals surface area contributed by atoms with Gasteiger partial charge in [-0.25, -0.2) is 9.50 Å². The molecule has 0 spiro atoms. The maximum Gasteiger partial charge on any atom is 0.172 e. The van der Waals surface area contributed by atoms with Crippen LogP contribution in [0.2, 0.25) is 0 Å². The lowest BCUT2D eigenvalue weighted by Crippen LogP contribution is -2.12. The molecule has 15 heavy (non-hydrogen) atoms. The third kappa shape index (κ3) is 1.80. The summed E-state index contributed by atoms with van der Waals surface area (Å²) < 4.78 is 1.63. The normalized spacial score (nSPS) is 10.4. The third-order valence-electron chi connectivity index (χ3n) is 2.11. The molecule has 0 aliphatic rings. The molecule has 2 aromatic rings. The van der Waals surface area contributed by atoms with Crippen molar-refractivity contribution in [1.29, 1.82) is 5.26 Å². The van der Waals surface area contributed by atoms with E-state index < -0.39 is 0 Å². The first-order valence-electron chi connectivity index (χ1n) is 4.78. The zero-order valence-electron chi connectivity index (χ0n) is 8.44. The molecule has 0 aliphatic carbocycles. The number of hydrogen-bond acceptors (Lipinski definition) is 4. The summed E-state index contributed by atoms with van der Waals surface area (Å²) in [5.41, 5.74) is 2.17. The third-order valence-corrected chi connectivity index (χ3v) is 2.11. The molecule has 0 atom stereocenters. The molecule has 0 unspecified atom stereocenters. The van der Waals surface area contributed by atoms with E-state index >= 15 is 0 Å². The van der Waals surface area contributed by atoms with Crippen LogP contribution >= 0.6 is 0 Å². The lowest BCUT2D eigenvalue weighted by atomic mass is 10.3. The molecule has 2 heterocycles. The first-order chi connectivity index (χ1) is 7.35. The van der Waals surface area contributed by atoms with Crippen LogP contribution in [0.25, 0.3) is 5.65 Å². The van der Waals surface area contributed by atoms with Crippen molar-refractivity contribution in [2.45, 2.75) is 13.5 Å². The molecule has 0 saturated carbocycles. The van der Waals surface area contributed by atoms with Gasteiger partial charge in [0.15, 0.2) is 5.65 Å². The molecule has 1 N–H and O–H groups in total. The van der Waals surface area contributed by atoms with Crippen molar-refractivity contribution in [3.63, 3.8) is 0 Å². The van der Waals surface area contributed by atoms with Gasteiger partial charge < -0.3 is 5.32 Å². The maximum absolute atomic E-state index is 8.78. The van der Waals surface area contributed by atoms with Crippen LogP contribution in [0, 0.1) is 11.3 Å². The molecule has 0 bridgehead atoms. The molecule has 76 valence electrons. The van der Waals surface area contributed by atoms with E-state index in [1.807, 2.05) is 13.1 Å². The summed E-state index contributed by atoms with van der Waals surface area (Å²) in [5, 5.41) is 16.0. The Morgan fingerprint density at radius 3 is 3.13 bits per heavy atom. The summed E-state index contributed by atoms with van der Waals surface area (Å²) in [6, 6.07) is 2.05. The number of aromatic nitrogens is 3. The largest absolute Gasteiger partial charge is 0.313 e. The molecular formula is C10H11N5. The van der Waals surface area contributed by atoms with Gasteiger partial charge in [-0.15, -0.1) is 0 Å². The highest BCUT2D eigenvalue weighted by Gasteiger charge is 2.04. The van der Waals surface area contributed by atoms with E-state index in [1.165, 1.54) is 6.20 Å². The fraction of sp³-hybridized carbons (Fsp3) is 0.300. The van der Waals surface area contributed by atoms with E-state index in [0.29, 0.717) is 11.2 Å². The average molecular weight is 201 g/mol. The Bertz CT molecular complexity index is 508. The first-order valence-corrected chi connectivity index (χ1v) is 4.78. The Hall–Kier alpha value is -1.93. The van der Waals surface area contributed by atoms with Gasteiger partial charge in [0.2, 0.25) is 0 Å². The predicted molar refractivity (Wildman–Crippen MR) is 55.1 cm³/mol. The number of hydrogen-bond donors (Lipinski definition) is 1. The van der Waals surface area contributed by atoms with Crippen molar-refractivity contribution < 1.29 is 0 Å². The van der Waals surface area contributed by atoms with Crippen molar-refractivity contribution in [2.75, 3.05) is 6.54 Å². The highest BCUT2D eigenvalue weighted by Crippen LogP contribution is 2.07. The summed E-state index contributed by atoms with van der Waals surface area (Å²) in [6.07, 6.45) is 5.17. The molecule has 0 amide bonds. The van der Waals surface area contributed by atoms with Crippen LogP contribution < -0.4 is 5.32 Å². The van der Waals surface area contributed by atoms with E-state index in [-0.39, 0.29) is 0 Å². The van der Waals surface area contributed by atoms with E-state index in [1.54, 1.807) is 10.7 Å². The molecule has 0 aromatic carbocycles. The van der Waals surface area contributed by atoms with Crippen LogP contribution in [0.3, 0.4) is 0 Å². The molecule has 0 aliphatic heterocycles. The summed E-state index contributed by atoms with van der Waals surface area (Å²) in [6.45, 7) is 3.73. The van der Waals surface area contributed by atoms with Gasteiger partial charge in [0.1, 0.15) is 11.6 Å². The zero-order valence-corrected chi connectivity index (χ0v) is 8.44. The Morgan fingerprint density at radius 2 is 2.40 bits per heavy atom. The standard InChI is InChI=1S/C10H11N5/c1-2-12-4-8-5-13-10-9(3-11)6-14-15(10)7-8/h5-7,12H,2,4H2,1H3. The molecule has 2 rings (SSSR count). The van der Waals surface area contributed by atoms with Gasteiger partial charge in [-0.05, 0) is 6.54 Å². The van der Waals surface area contributed by atoms with E-state index in [9.17, 15) is 0 Å². The summed E-state index contributed by atoms with van der Waals surface area (Å²) >= 11 is 0. The van der Waals surface area contributed by atoms with Crippen LogP contribution in [0.15, 0.2) is 18.6 Å². The SMILES string of the molecule is CCNCc1cnc2c(C#N)cnn2c1. The van der Waals surface area contributed by atoms with Gasteiger partial charge in [0, 0.05) is 24.5 Å². The number of fused-ring (bicyclic) bond motifs is 1. The lowest BCUT2D eigenvalue weighted by molar-refractivity contribution is 0.717. The van der Waals surface area contributed by atoms with Gasteiger partial charge in [-0.1, -0.05) is 6.92 Å². The first kappa shape index (κ1) is 9.62. The van der Waals surface area contributed by atoms with Crippen molar-refractivity contribution in [2.24, 2.45) is 0 Å². The minimum Gasteiger partial charge on any atom is -0.313 e. The monoisotopic (exact) mass is 201 g/mol. The van der Waals surface area contributed by atoms with Crippen LogP contribution in [0.5, 0.6) is 0 Å². The van der Waals surface area contributed by atoms with Crippen LogP contribution in [0.4, 0.5) is 0 Å². The van der Waals surface area contributed by atoms with Crippen molar-refractivity contribution >= 4 is 5.65 Å². The summed E-state index contributed by atoms with van der Waals surface area (Å²) in [4.78, 5) is 4.20. The fourth-order valence-corrected chi connectivity index (χ4v) is 1.35. The topological polar surface area (TPSA) is 66.0 Å². The van der Waals surface area contributed by atoms with E-state index in [0.717, 1.165) is 18.7 Å². The number of nitriles is 1. The summed E-state index contributed by atoms with van der Waals surface area (Å²) in [5.74, 6) is 0. The predicted octanol–water partition coefficient (Wildman–Crippen LogP) is 0.710. The molecule has 5 nitrogen and oxygen atoms in total. The second-order valence-corrected chi connectivity index (χ2v) is 3.18. The molecule has 0 radical (unpaired) electrons. The molecular weight excluding hydrogens is 190 g/mol. The van der Waals surface area contributed by atoms with E-state index in [4.69, 9.17) is 5.26 Å². The minimum atomic E-state index is 0.505. The maximum atomic E-state index is 8.78. The van der Waals surface area contributed by atoms with Crippen LogP contribution in [-0.2, 0) is 6.54 Å². The van der Waals surface area contributed by atoms with Gasteiger partial charge in [0.25, 0.3) is 0 Å². The van der Waals surface area contributed by atoms with Crippen molar-refractivity contribution in [3.8, 4) is 6.07 Å². The Kier molecular flexibility index (Phi) is 2.61. The highest BCUT2D eigenvalue weighted by atomic mass is 15.2. The average Bonchev–Trinajstić information content (AvgIpc) is 2.68. The Balaban J connectivity index is 2.36. The quantitative estimate of drug-likeness (QED) is 0.794. The second-order valence-electron chi connectivity index (χ2n) is 3.18. The van der Waals surface area contributed by atoms with Gasteiger partial charge in [-0.3, -0.25) is 0 Å². The van der Waals surface area contributed by atoms with Gasteiger partial charge in [-0.2, -0.15) is 10.4 Å². The number of nitrogens with zero attached hydrogens (tertiary/aromatic N) is 4.